The highest BCUT2D eigenvalue weighted by Crippen LogP contribution is 2.46. The highest BCUT2D eigenvalue weighted by molar-refractivity contribution is 6.74. The van der Waals surface area contributed by atoms with Crippen molar-refractivity contribution >= 4 is 22.4 Å². The van der Waals surface area contributed by atoms with Gasteiger partial charge in [-0.2, -0.15) is 0 Å². The van der Waals surface area contributed by atoms with E-state index in [1.165, 1.54) is 0 Å². The molecule has 6 heteroatoms. The monoisotopic (exact) mass is 374 g/mol. The molecule has 1 aliphatic carbocycles. The third-order valence-corrected chi connectivity index (χ3v) is 14.5. The van der Waals surface area contributed by atoms with E-state index in [4.69, 9.17) is 4.43 Å². The van der Waals surface area contributed by atoms with Crippen molar-refractivity contribution in [2.45, 2.75) is 102 Å². The quantitative estimate of drug-likeness (QED) is 0.711. The van der Waals surface area contributed by atoms with Gasteiger partial charge in [-0.3, -0.25) is 4.79 Å². The van der Waals surface area contributed by atoms with Crippen LogP contribution in [0.25, 0.3) is 0 Å². The van der Waals surface area contributed by atoms with Crippen LogP contribution in [0.2, 0.25) is 36.3 Å². The Kier molecular flexibility index (Phi) is 6.38. The van der Waals surface area contributed by atoms with Crippen molar-refractivity contribution < 1.29 is 19.1 Å². The molecule has 0 saturated heterocycles. The van der Waals surface area contributed by atoms with E-state index in [0.717, 1.165) is 0 Å². The van der Waals surface area contributed by atoms with Gasteiger partial charge in [0.25, 0.3) is 0 Å². The van der Waals surface area contributed by atoms with Crippen LogP contribution in [-0.2, 0) is 9.22 Å². The zero-order valence-electron chi connectivity index (χ0n) is 17.1. The first-order valence-electron chi connectivity index (χ1n) is 9.08. The number of aliphatic hydroxyl groups is 1. The van der Waals surface area contributed by atoms with E-state index in [1.54, 1.807) is 0 Å². The van der Waals surface area contributed by atoms with E-state index in [0.29, 0.717) is 19.3 Å². The van der Waals surface area contributed by atoms with Gasteiger partial charge < -0.3 is 14.3 Å². The second kappa shape index (κ2) is 6.95. The Morgan fingerprint density at radius 1 is 1.08 bits per heavy atom. The lowest BCUT2D eigenvalue weighted by Gasteiger charge is -2.45. The van der Waals surface area contributed by atoms with Crippen molar-refractivity contribution in [2.24, 2.45) is 5.92 Å². The normalized spacial score (nSPS) is 27.5. The fraction of sp³-hybridized carbons (Fsp3) is 0.944. The van der Waals surface area contributed by atoms with Crippen LogP contribution in [0.3, 0.4) is 0 Å². The van der Waals surface area contributed by atoms with Gasteiger partial charge in [0, 0.05) is 12.8 Å². The second-order valence-corrected chi connectivity index (χ2v) is 19.5. The Morgan fingerprint density at radius 3 is 2.00 bits per heavy atom. The Bertz CT molecular complexity index is 421. The van der Waals surface area contributed by atoms with E-state index in [2.05, 4.69) is 47.7 Å². The van der Waals surface area contributed by atoms with Crippen molar-refractivity contribution in [3.8, 4) is 0 Å². The first-order chi connectivity index (χ1) is 10.5. The topological polar surface area (TPSA) is 66.8 Å². The molecule has 0 aromatic carbocycles. The minimum absolute atomic E-state index is 0.0436. The van der Waals surface area contributed by atoms with Crippen molar-refractivity contribution in [1.29, 1.82) is 0 Å². The third kappa shape index (κ3) is 5.00. The van der Waals surface area contributed by atoms with Gasteiger partial charge in [-0.15, -0.1) is 0 Å². The van der Waals surface area contributed by atoms with Crippen molar-refractivity contribution in [3.05, 3.63) is 0 Å². The molecular formula is C18H38O4Si2. The molecule has 142 valence electrons. The maximum Gasteiger partial charge on any atom is 0.192 e. The lowest BCUT2D eigenvalue weighted by atomic mass is 9.79. The summed E-state index contributed by atoms with van der Waals surface area (Å²) in [5.74, 6) is 0.0390. The molecule has 1 aliphatic rings. The van der Waals surface area contributed by atoms with Gasteiger partial charge in [0.15, 0.2) is 16.6 Å². The SMILES string of the molecule is CC(C)(C[C@@H]1CC(=O)C[C@@H](O[Si](C)(C)C(C)(C)C)[C@@H]1O)[Si](C)(C)O. The van der Waals surface area contributed by atoms with Crippen LogP contribution in [0.4, 0.5) is 0 Å². The number of aliphatic hydroxyl groups excluding tert-OH is 1. The maximum absolute atomic E-state index is 12.3. The molecule has 24 heavy (non-hydrogen) atoms. The zero-order valence-corrected chi connectivity index (χ0v) is 19.1. The summed E-state index contributed by atoms with van der Waals surface area (Å²) in [4.78, 5) is 22.8. The lowest BCUT2D eigenvalue weighted by Crippen LogP contribution is -2.52. The van der Waals surface area contributed by atoms with Gasteiger partial charge in [-0.25, -0.2) is 0 Å². The molecule has 3 atom stereocenters. The number of Topliss-reactive ketones (excluding diaryl/α,β-unsaturated/α-hetero) is 1. The average molecular weight is 375 g/mol. The lowest BCUT2D eigenvalue weighted by molar-refractivity contribution is -0.132. The van der Waals surface area contributed by atoms with Gasteiger partial charge in [-0.05, 0) is 48.6 Å². The summed E-state index contributed by atoms with van der Waals surface area (Å²) in [5, 5.41) is 10.7. The number of carbonyl (C=O) groups excluding carboxylic acids is 1. The zero-order chi connectivity index (χ0) is 19.1. The third-order valence-electron chi connectivity index (χ3n) is 6.46. The molecule has 0 spiro atoms. The Morgan fingerprint density at radius 2 is 1.58 bits per heavy atom. The molecular weight excluding hydrogens is 336 g/mol. The first kappa shape index (κ1) is 22.0. The summed E-state index contributed by atoms with van der Waals surface area (Å²) >= 11 is 0. The molecule has 0 bridgehead atoms. The van der Waals surface area contributed by atoms with Crippen LogP contribution in [0, 0.1) is 5.92 Å². The Labute approximate surface area is 150 Å². The predicted molar refractivity (Wildman–Crippen MR) is 104 cm³/mol. The summed E-state index contributed by atoms with van der Waals surface area (Å²) in [6.45, 7) is 18.7. The average Bonchev–Trinajstić information content (AvgIpc) is 2.31. The Balaban J connectivity index is 2.94. The molecule has 1 saturated carbocycles. The van der Waals surface area contributed by atoms with Crippen LogP contribution in [0.1, 0.15) is 53.9 Å². The molecule has 0 aliphatic heterocycles. The standard InChI is InChI=1S/C18H38O4Si2/c1-17(2,3)24(8,9)22-15-11-14(19)10-13(16(15)20)12-18(4,5)23(6,7)21/h13,15-16,20-21H,10-12H2,1-9H3/t13-,15+,16+/m0/s1. The fourth-order valence-electron chi connectivity index (χ4n) is 2.91. The molecule has 4 nitrogen and oxygen atoms in total. The van der Waals surface area contributed by atoms with Crippen molar-refractivity contribution in [1.82, 2.24) is 0 Å². The molecule has 0 amide bonds. The number of ketones is 1. The molecule has 0 heterocycles. The van der Waals surface area contributed by atoms with E-state index in [9.17, 15) is 14.7 Å². The van der Waals surface area contributed by atoms with E-state index >= 15 is 0 Å². The van der Waals surface area contributed by atoms with Gasteiger partial charge in [0.1, 0.15) is 5.78 Å². The van der Waals surface area contributed by atoms with Gasteiger partial charge in [-0.1, -0.05) is 34.6 Å². The molecule has 0 aromatic rings. The van der Waals surface area contributed by atoms with Gasteiger partial charge in [0.2, 0.25) is 0 Å². The van der Waals surface area contributed by atoms with Crippen molar-refractivity contribution in [3.63, 3.8) is 0 Å². The molecule has 2 N–H and O–H groups in total. The van der Waals surface area contributed by atoms with Crippen LogP contribution < -0.4 is 0 Å². The number of hydrogen-bond acceptors (Lipinski definition) is 4. The largest absolute Gasteiger partial charge is 0.432 e. The smallest absolute Gasteiger partial charge is 0.192 e. The van der Waals surface area contributed by atoms with Crippen LogP contribution in [0.5, 0.6) is 0 Å². The van der Waals surface area contributed by atoms with Crippen LogP contribution >= 0.6 is 0 Å². The number of hydrogen-bond donors (Lipinski definition) is 2. The number of carbonyl (C=O) groups is 1. The molecule has 0 aromatic heterocycles. The predicted octanol–water partition coefficient (Wildman–Crippen LogP) is 4.08. The highest BCUT2D eigenvalue weighted by Gasteiger charge is 2.47. The van der Waals surface area contributed by atoms with Crippen LogP contribution in [0.15, 0.2) is 0 Å². The molecule has 0 unspecified atom stereocenters. The van der Waals surface area contributed by atoms with Crippen LogP contribution in [-0.4, -0.2) is 44.5 Å². The van der Waals surface area contributed by atoms with E-state index < -0.39 is 28.8 Å². The summed E-state index contributed by atoms with van der Waals surface area (Å²) in [5.41, 5.74) is 0. The molecule has 0 radical (unpaired) electrons. The molecule has 1 rings (SSSR count). The minimum Gasteiger partial charge on any atom is -0.432 e. The minimum atomic E-state index is -2.37. The highest BCUT2D eigenvalue weighted by atomic mass is 28.4. The van der Waals surface area contributed by atoms with E-state index in [-0.39, 0.29) is 21.8 Å². The maximum atomic E-state index is 12.3. The first-order valence-corrected chi connectivity index (χ1v) is 14.9. The second-order valence-electron chi connectivity index (χ2n) is 10.3. The summed E-state index contributed by atoms with van der Waals surface area (Å²) in [6.07, 6.45) is 0.327. The van der Waals surface area contributed by atoms with Gasteiger partial charge in [0.05, 0.1) is 12.2 Å². The number of rotatable bonds is 5. The van der Waals surface area contributed by atoms with E-state index in [1.807, 2.05) is 13.1 Å². The Hall–Kier alpha value is -0.0162. The van der Waals surface area contributed by atoms with Gasteiger partial charge >= 0.3 is 0 Å². The summed E-state index contributed by atoms with van der Waals surface area (Å²) in [6, 6.07) is 0. The summed E-state index contributed by atoms with van der Waals surface area (Å²) in [7, 11) is -4.42. The summed E-state index contributed by atoms with van der Waals surface area (Å²) < 4.78 is 6.37. The van der Waals surface area contributed by atoms with Crippen molar-refractivity contribution in [2.75, 3.05) is 0 Å². The fourth-order valence-corrected chi connectivity index (χ4v) is 5.00. The molecule has 1 fully saturated rings.